The second-order valence-corrected chi connectivity index (χ2v) is 10.3. The molecule has 0 aliphatic rings. The van der Waals surface area contributed by atoms with Gasteiger partial charge in [-0.3, -0.25) is 14.2 Å². The number of hydrogen-bond donors (Lipinski definition) is 1. The van der Waals surface area contributed by atoms with E-state index < -0.39 is 5.25 Å². The van der Waals surface area contributed by atoms with Crippen LogP contribution in [0.15, 0.2) is 28.2 Å². The number of rotatable bonds is 7. The number of hydrogen-bond acceptors (Lipinski definition) is 5. The Balaban J connectivity index is 1.93. The summed E-state index contributed by atoms with van der Waals surface area (Å²) in [4.78, 5) is 32.5. The van der Waals surface area contributed by atoms with Crippen LogP contribution in [0.25, 0.3) is 10.2 Å². The first kappa shape index (κ1) is 23.1. The van der Waals surface area contributed by atoms with Gasteiger partial charge in [0, 0.05) is 11.4 Å². The molecule has 2 heterocycles. The van der Waals surface area contributed by atoms with Crippen molar-refractivity contribution < 1.29 is 4.79 Å². The van der Waals surface area contributed by atoms with Gasteiger partial charge in [-0.25, -0.2) is 4.98 Å². The van der Waals surface area contributed by atoms with Crippen LogP contribution in [0, 0.1) is 13.8 Å². The number of nitrogens with one attached hydrogen (secondary N) is 1. The van der Waals surface area contributed by atoms with E-state index >= 15 is 0 Å². The van der Waals surface area contributed by atoms with Gasteiger partial charge in [-0.2, -0.15) is 0 Å². The molecule has 1 aromatic carbocycles. The summed E-state index contributed by atoms with van der Waals surface area (Å²) < 4.78 is 1.70. The SMILES string of the molecule is CCCCn1c(SC(C)C(=O)Nc2c(Cl)cccc2Cl)nc2sc(C)c(C)c2c1=O. The van der Waals surface area contributed by atoms with Crippen molar-refractivity contribution in [2.24, 2.45) is 0 Å². The molecule has 2 aromatic heterocycles. The number of para-hydroxylation sites is 1. The van der Waals surface area contributed by atoms with E-state index in [1.807, 2.05) is 13.8 Å². The van der Waals surface area contributed by atoms with Crippen molar-refractivity contribution >= 4 is 68.1 Å². The first-order valence-electron chi connectivity index (χ1n) is 9.66. The number of carbonyl (C=O) groups excluding carboxylic acids is 1. The molecule has 0 aliphatic carbocycles. The maximum absolute atomic E-state index is 13.2. The summed E-state index contributed by atoms with van der Waals surface area (Å²) in [6.45, 7) is 8.37. The first-order chi connectivity index (χ1) is 14.2. The molecule has 30 heavy (non-hydrogen) atoms. The van der Waals surface area contributed by atoms with Crippen LogP contribution >= 0.6 is 46.3 Å². The molecule has 0 radical (unpaired) electrons. The lowest BCUT2D eigenvalue weighted by Gasteiger charge is -2.16. The van der Waals surface area contributed by atoms with Gasteiger partial charge in [0.2, 0.25) is 5.91 Å². The number of benzene rings is 1. The third-order valence-electron chi connectivity index (χ3n) is 4.85. The van der Waals surface area contributed by atoms with Crippen LogP contribution in [-0.2, 0) is 11.3 Å². The van der Waals surface area contributed by atoms with Crippen molar-refractivity contribution in [2.75, 3.05) is 5.32 Å². The monoisotopic (exact) mass is 483 g/mol. The van der Waals surface area contributed by atoms with Crippen LogP contribution < -0.4 is 10.9 Å². The number of anilines is 1. The van der Waals surface area contributed by atoms with Crippen LogP contribution in [0.5, 0.6) is 0 Å². The Morgan fingerprint density at radius 3 is 2.60 bits per heavy atom. The molecule has 1 unspecified atom stereocenters. The average Bonchev–Trinajstić information content (AvgIpc) is 2.98. The fourth-order valence-corrected chi connectivity index (χ4v) is 5.46. The fraction of sp³-hybridized carbons (Fsp3) is 0.381. The van der Waals surface area contributed by atoms with E-state index in [-0.39, 0.29) is 11.5 Å². The highest BCUT2D eigenvalue weighted by atomic mass is 35.5. The second kappa shape index (κ2) is 9.73. The standard InChI is InChI=1S/C21H23Cl2N3O2S2/c1-5-6-10-26-20(28)16-11(2)12(3)29-19(16)25-21(26)30-13(4)18(27)24-17-14(22)8-7-9-15(17)23/h7-9,13H,5-6,10H2,1-4H3,(H,24,27). The minimum atomic E-state index is -0.503. The van der Waals surface area contributed by atoms with Gasteiger partial charge in [-0.15, -0.1) is 11.3 Å². The third-order valence-corrected chi connectivity index (χ3v) is 7.67. The maximum atomic E-state index is 13.2. The average molecular weight is 484 g/mol. The van der Waals surface area contributed by atoms with E-state index in [0.717, 1.165) is 23.3 Å². The Kier molecular flexibility index (Phi) is 7.50. The van der Waals surface area contributed by atoms with Crippen LogP contribution in [0.2, 0.25) is 10.0 Å². The van der Waals surface area contributed by atoms with Gasteiger partial charge in [-0.05, 0) is 44.9 Å². The molecule has 1 N–H and O–H groups in total. The van der Waals surface area contributed by atoms with Crippen molar-refractivity contribution in [2.45, 2.75) is 57.5 Å². The number of thioether (sulfide) groups is 1. The summed E-state index contributed by atoms with van der Waals surface area (Å²) in [6.07, 6.45) is 1.82. The Morgan fingerprint density at radius 1 is 1.30 bits per heavy atom. The molecule has 3 rings (SSSR count). The number of nitrogens with zero attached hydrogens (tertiary/aromatic N) is 2. The number of aryl methyl sites for hydroxylation is 2. The molecule has 0 saturated heterocycles. The third kappa shape index (κ3) is 4.69. The maximum Gasteiger partial charge on any atom is 0.263 e. The number of aromatic nitrogens is 2. The zero-order valence-electron chi connectivity index (χ0n) is 17.2. The van der Waals surface area contributed by atoms with Gasteiger partial charge in [0.1, 0.15) is 4.83 Å². The van der Waals surface area contributed by atoms with E-state index in [1.54, 1.807) is 29.7 Å². The Morgan fingerprint density at radius 2 is 1.97 bits per heavy atom. The Labute approximate surface area is 193 Å². The lowest BCUT2D eigenvalue weighted by molar-refractivity contribution is -0.115. The molecule has 9 heteroatoms. The van der Waals surface area contributed by atoms with E-state index in [4.69, 9.17) is 28.2 Å². The van der Waals surface area contributed by atoms with Gasteiger partial charge in [-0.1, -0.05) is 54.4 Å². The molecule has 1 atom stereocenters. The number of fused-ring (bicyclic) bond motifs is 1. The van der Waals surface area contributed by atoms with Crippen LogP contribution in [-0.4, -0.2) is 20.7 Å². The number of halogens is 2. The van der Waals surface area contributed by atoms with Crippen molar-refractivity contribution in [1.82, 2.24) is 9.55 Å². The Hall–Kier alpha value is -1.54. The van der Waals surface area contributed by atoms with E-state index in [2.05, 4.69) is 12.2 Å². The van der Waals surface area contributed by atoms with E-state index in [9.17, 15) is 9.59 Å². The lowest BCUT2D eigenvalue weighted by atomic mass is 10.2. The zero-order chi connectivity index (χ0) is 22.0. The van der Waals surface area contributed by atoms with Crippen LogP contribution in [0.3, 0.4) is 0 Å². The largest absolute Gasteiger partial charge is 0.323 e. The summed E-state index contributed by atoms with van der Waals surface area (Å²) in [7, 11) is 0. The summed E-state index contributed by atoms with van der Waals surface area (Å²) in [6, 6.07) is 5.05. The highest BCUT2D eigenvalue weighted by molar-refractivity contribution is 8.00. The van der Waals surface area contributed by atoms with Crippen molar-refractivity contribution in [3.8, 4) is 0 Å². The summed E-state index contributed by atoms with van der Waals surface area (Å²) >= 11 is 15.1. The molecule has 0 aliphatic heterocycles. The van der Waals surface area contributed by atoms with Crippen LogP contribution in [0.1, 0.15) is 37.1 Å². The molecular weight excluding hydrogens is 461 g/mol. The predicted octanol–water partition coefficient (Wildman–Crippen LogP) is 6.30. The molecule has 1 amide bonds. The van der Waals surface area contributed by atoms with Crippen LogP contribution in [0.4, 0.5) is 5.69 Å². The minimum absolute atomic E-state index is 0.0421. The molecule has 5 nitrogen and oxygen atoms in total. The quantitative estimate of drug-likeness (QED) is 0.316. The normalized spacial score (nSPS) is 12.3. The smallest absolute Gasteiger partial charge is 0.263 e. The van der Waals surface area contributed by atoms with E-state index in [1.165, 1.54) is 23.1 Å². The van der Waals surface area contributed by atoms with Gasteiger partial charge >= 0.3 is 0 Å². The molecule has 0 spiro atoms. The highest BCUT2D eigenvalue weighted by Crippen LogP contribution is 2.32. The van der Waals surface area contributed by atoms with Gasteiger partial charge < -0.3 is 5.32 Å². The topological polar surface area (TPSA) is 64.0 Å². The predicted molar refractivity (Wildman–Crippen MR) is 129 cm³/mol. The molecule has 0 bridgehead atoms. The molecular formula is C21H23Cl2N3O2S2. The summed E-state index contributed by atoms with van der Waals surface area (Å²) in [5.41, 5.74) is 1.32. The minimum Gasteiger partial charge on any atom is -0.323 e. The second-order valence-electron chi connectivity index (χ2n) is 7.01. The van der Waals surface area contributed by atoms with Crippen molar-refractivity contribution in [3.05, 3.63) is 49.0 Å². The summed E-state index contributed by atoms with van der Waals surface area (Å²) in [5.74, 6) is -0.259. The number of unbranched alkanes of at least 4 members (excludes halogenated alkanes) is 1. The van der Waals surface area contributed by atoms with Crippen molar-refractivity contribution in [3.63, 3.8) is 0 Å². The zero-order valence-corrected chi connectivity index (χ0v) is 20.4. The van der Waals surface area contributed by atoms with E-state index in [0.29, 0.717) is 37.7 Å². The fourth-order valence-electron chi connectivity index (χ4n) is 2.97. The number of carbonyl (C=O) groups is 1. The molecule has 160 valence electrons. The van der Waals surface area contributed by atoms with Gasteiger partial charge in [0.15, 0.2) is 5.16 Å². The van der Waals surface area contributed by atoms with Gasteiger partial charge in [0.05, 0.1) is 26.4 Å². The molecule has 3 aromatic rings. The van der Waals surface area contributed by atoms with Gasteiger partial charge in [0.25, 0.3) is 5.56 Å². The lowest BCUT2D eigenvalue weighted by Crippen LogP contribution is -2.27. The number of thiophene rings is 1. The van der Waals surface area contributed by atoms with Crippen molar-refractivity contribution in [1.29, 1.82) is 0 Å². The number of amides is 1. The summed E-state index contributed by atoms with van der Waals surface area (Å²) in [5, 5.41) is 4.26. The highest BCUT2D eigenvalue weighted by Gasteiger charge is 2.22. The molecule has 0 fully saturated rings. The molecule has 0 saturated carbocycles. The first-order valence-corrected chi connectivity index (χ1v) is 12.1. The Bertz CT molecular complexity index is 1140.